The molecule has 1 unspecified atom stereocenters. The third-order valence-electron chi connectivity index (χ3n) is 11.9. The van der Waals surface area contributed by atoms with E-state index in [0.717, 1.165) is 39.0 Å². The fraction of sp³-hybridized carbons (Fsp3) is 0.0385. The second-order valence-electron chi connectivity index (χ2n) is 14.8. The van der Waals surface area contributed by atoms with Crippen molar-refractivity contribution in [3.05, 3.63) is 221 Å². The van der Waals surface area contributed by atoms with Crippen molar-refractivity contribution in [1.29, 1.82) is 0 Å². The summed E-state index contributed by atoms with van der Waals surface area (Å²) in [5.41, 5.74) is 23.1. The van der Waals surface area contributed by atoms with E-state index in [9.17, 15) is 0 Å². The van der Waals surface area contributed by atoms with Gasteiger partial charge in [0.1, 0.15) is 5.84 Å². The maximum Gasteiger partial charge on any atom is 0.157 e. The summed E-state index contributed by atoms with van der Waals surface area (Å²) in [6.45, 7) is 0. The zero-order valence-corrected chi connectivity index (χ0v) is 31.3. The summed E-state index contributed by atoms with van der Waals surface area (Å²) in [7, 11) is 1.78. The molecule has 2 aliphatic rings. The van der Waals surface area contributed by atoms with Crippen molar-refractivity contribution < 1.29 is 0 Å². The van der Waals surface area contributed by atoms with Crippen LogP contribution in [0.3, 0.4) is 0 Å². The Labute approximate surface area is 331 Å². The SMILES string of the molecule is CN=C(N=C(N)c1ccccc1)c1ccccc1-c1ccc2c(c1)-c1ccccc1C21c2ccccc2N(c2ccccc2)c2cc3c(cc21)[nH]c1ccccc13. The molecule has 8 aromatic carbocycles. The van der Waals surface area contributed by atoms with Crippen LogP contribution in [-0.2, 0) is 5.41 Å². The zero-order valence-electron chi connectivity index (χ0n) is 31.3. The van der Waals surface area contributed by atoms with Gasteiger partial charge in [0.05, 0.1) is 16.8 Å². The van der Waals surface area contributed by atoms with Gasteiger partial charge in [-0.3, -0.25) is 4.99 Å². The molecule has 57 heavy (non-hydrogen) atoms. The standard InChI is InChI=1S/C52H37N5/c1-54-51(56-50(53)33-16-4-2-5-17-33)39-23-9-8-20-36(39)34-28-29-43-40(30-34)37-21-10-12-24-42(37)52(43)44-25-13-15-27-48(44)57(35-18-6-3-7-19-35)49-31-41-38-22-11-14-26-46(38)55-47(41)32-45(49)52/h2-32,55H,1H3,(H2,53,54,56). The molecule has 5 nitrogen and oxygen atoms in total. The summed E-state index contributed by atoms with van der Waals surface area (Å²) in [5, 5.41) is 2.43. The Hall–Kier alpha value is -7.50. The van der Waals surface area contributed by atoms with Crippen LogP contribution in [0.2, 0.25) is 0 Å². The van der Waals surface area contributed by atoms with Crippen molar-refractivity contribution in [3.63, 3.8) is 0 Å². The van der Waals surface area contributed by atoms with Crippen LogP contribution in [-0.4, -0.2) is 23.7 Å². The first-order chi connectivity index (χ1) is 28.1. The van der Waals surface area contributed by atoms with Crippen LogP contribution >= 0.6 is 0 Å². The molecular formula is C52H37N5. The second-order valence-corrected chi connectivity index (χ2v) is 14.8. The van der Waals surface area contributed by atoms with Crippen molar-refractivity contribution in [2.45, 2.75) is 5.41 Å². The molecule has 0 saturated carbocycles. The predicted molar refractivity (Wildman–Crippen MR) is 236 cm³/mol. The lowest BCUT2D eigenvalue weighted by atomic mass is 9.64. The number of aromatic amines is 1. The maximum absolute atomic E-state index is 6.55. The molecule has 1 aliphatic heterocycles. The van der Waals surface area contributed by atoms with Crippen LogP contribution in [0.25, 0.3) is 44.1 Å². The number of hydrogen-bond donors (Lipinski definition) is 2. The van der Waals surface area contributed by atoms with E-state index in [1.54, 1.807) is 7.05 Å². The summed E-state index contributed by atoms with van der Waals surface area (Å²) in [4.78, 5) is 15.8. The maximum atomic E-state index is 6.55. The van der Waals surface area contributed by atoms with E-state index in [1.807, 2.05) is 36.4 Å². The Kier molecular flexibility index (Phi) is 7.38. The van der Waals surface area contributed by atoms with Gasteiger partial charge in [0.25, 0.3) is 0 Å². The van der Waals surface area contributed by atoms with Crippen molar-refractivity contribution in [3.8, 4) is 22.3 Å². The number of fused-ring (bicyclic) bond motifs is 12. The number of para-hydroxylation sites is 3. The highest BCUT2D eigenvalue weighted by Gasteiger charge is 2.52. The second kappa shape index (κ2) is 12.8. The van der Waals surface area contributed by atoms with E-state index in [-0.39, 0.29) is 0 Å². The van der Waals surface area contributed by atoms with Crippen LogP contribution in [0.15, 0.2) is 198 Å². The molecule has 3 N–H and O–H groups in total. The first kappa shape index (κ1) is 32.9. The number of aromatic nitrogens is 1. The third kappa shape index (κ3) is 4.82. The van der Waals surface area contributed by atoms with Gasteiger partial charge in [-0.05, 0) is 87.0 Å². The molecular weight excluding hydrogens is 695 g/mol. The highest BCUT2D eigenvalue weighted by Crippen LogP contribution is 2.64. The molecule has 9 aromatic rings. The summed E-state index contributed by atoms with van der Waals surface area (Å²) in [5.74, 6) is 1.02. The largest absolute Gasteiger partial charge is 0.383 e. The summed E-state index contributed by atoms with van der Waals surface area (Å²) < 4.78 is 0. The highest BCUT2D eigenvalue weighted by atomic mass is 15.2. The minimum Gasteiger partial charge on any atom is -0.383 e. The average molecular weight is 732 g/mol. The average Bonchev–Trinajstić information content (AvgIpc) is 3.78. The molecule has 0 amide bonds. The quantitative estimate of drug-likeness (QED) is 0.140. The van der Waals surface area contributed by atoms with Crippen molar-refractivity contribution in [2.24, 2.45) is 15.7 Å². The van der Waals surface area contributed by atoms with Crippen molar-refractivity contribution >= 4 is 50.5 Å². The van der Waals surface area contributed by atoms with Crippen LogP contribution in [0, 0.1) is 0 Å². The van der Waals surface area contributed by atoms with Gasteiger partial charge >= 0.3 is 0 Å². The smallest absolute Gasteiger partial charge is 0.157 e. The molecule has 1 aromatic heterocycles. The first-order valence-electron chi connectivity index (χ1n) is 19.4. The molecule has 5 heteroatoms. The molecule has 1 aliphatic carbocycles. The highest BCUT2D eigenvalue weighted by molar-refractivity contribution is 6.14. The van der Waals surface area contributed by atoms with Crippen LogP contribution in [0.1, 0.15) is 33.4 Å². The third-order valence-corrected chi connectivity index (χ3v) is 11.9. The number of aliphatic imine (C=N–C) groups is 2. The molecule has 270 valence electrons. The number of hydrogen-bond acceptors (Lipinski definition) is 2. The first-order valence-corrected chi connectivity index (χ1v) is 19.4. The van der Waals surface area contributed by atoms with Crippen LogP contribution in [0.4, 0.5) is 17.1 Å². The Bertz CT molecular complexity index is 3100. The Morgan fingerprint density at radius 1 is 0.526 bits per heavy atom. The lowest BCUT2D eigenvalue weighted by molar-refractivity contribution is 0.754. The number of anilines is 3. The number of rotatable bonds is 4. The van der Waals surface area contributed by atoms with Crippen molar-refractivity contribution in [1.82, 2.24) is 4.98 Å². The fourth-order valence-corrected chi connectivity index (χ4v) is 9.47. The van der Waals surface area contributed by atoms with Gasteiger partial charge in [-0.15, -0.1) is 0 Å². The summed E-state index contributed by atoms with van der Waals surface area (Å²) in [6.07, 6.45) is 0. The summed E-state index contributed by atoms with van der Waals surface area (Å²) in [6, 6.07) is 67.4. The molecule has 0 saturated heterocycles. The minimum atomic E-state index is -0.586. The normalized spacial score (nSPS) is 15.8. The van der Waals surface area contributed by atoms with Gasteiger partial charge in [-0.25, -0.2) is 4.99 Å². The molecule has 0 fully saturated rings. The fourth-order valence-electron chi connectivity index (χ4n) is 9.47. The van der Waals surface area contributed by atoms with Crippen LogP contribution < -0.4 is 10.6 Å². The van der Waals surface area contributed by atoms with Gasteiger partial charge < -0.3 is 15.6 Å². The monoisotopic (exact) mass is 731 g/mol. The van der Waals surface area contributed by atoms with E-state index in [1.165, 1.54) is 55.5 Å². The molecule has 0 bridgehead atoms. The number of nitrogens with one attached hydrogen (secondary N) is 1. The van der Waals surface area contributed by atoms with E-state index < -0.39 is 5.41 Å². The molecule has 2 heterocycles. The Balaban J connectivity index is 1.17. The minimum absolute atomic E-state index is 0.430. The van der Waals surface area contributed by atoms with E-state index in [0.29, 0.717) is 11.7 Å². The zero-order chi connectivity index (χ0) is 38.1. The van der Waals surface area contributed by atoms with E-state index in [2.05, 4.69) is 167 Å². The number of nitrogens with zero attached hydrogens (tertiary/aromatic N) is 3. The van der Waals surface area contributed by atoms with Crippen molar-refractivity contribution in [2.75, 3.05) is 11.9 Å². The lowest BCUT2D eigenvalue weighted by Crippen LogP contribution is -2.36. The lowest BCUT2D eigenvalue weighted by Gasteiger charge is -2.45. The van der Waals surface area contributed by atoms with Gasteiger partial charge in [-0.2, -0.15) is 0 Å². The Morgan fingerprint density at radius 2 is 1.19 bits per heavy atom. The number of benzene rings is 8. The van der Waals surface area contributed by atoms with Gasteiger partial charge in [0.2, 0.25) is 0 Å². The van der Waals surface area contributed by atoms with Gasteiger partial charge in [0, 0.05) is 45.7 Å². The topological polar surface area (TPSA) is 69.8 Å². The van der Waals surface area contributed by atoms with Gasteiger partial charge in [-0.1, -0.05) is 146 Å². The van der Waals surface area contributed by atoms with E-state index in [4.69, 9.17) is 10.7 Å². The van der Waals surface area contributed by atoms with Gasteiger partial charge in [0.15, 0.2) is 5.84 Å². The number of nitrogens with two attached hydrogens (primary N) is 1. The number of H-pyrrole nitrogens is 1. The van der Waals surface area contributed by atoms with Crippen LogP contribution in [0.5, 0.6) is 0 Å². The molecule has 11 rings (SSSR count). The molecule has 1 spiro atoms. The molecule has 0 radical (unpaired) electrons. The summed E-state index contributed by atoms with van der Waals surface area (Å²) >= 11 is 0. The Morgan fingerprint density at radius 3 is 2.02 bits per heavy atom. The predicted octanol–water partition coefficient (Wildman–Crippen LogP) is 11.9. The van der Waals surface area contributed by atoms with E-state index >= 15 is 0 Å². The number of amidine groups is 2. The molecule has 1 atom stereocenters.